The zero-order valence-corrected chi connectivity index (χ0v) is 15.8. The number of nitrogens with zero attached hydrogens (tertiary/aromatic N) is 1. The van der Waals surface area contributed by atoms with Crippen molar-refractivity contribution in [2.45, 2.75) is 6.42 Å². The van der Waals surface area contributed by atoms with Crippen LogP contribution in [0.15, 0.2) is 42.5 Å². The van der Waals surface area contributed by atoms with Crippen molar-refractivity contribution in [1.29, 1.82) is 0 Å². The molecule has 2 aromatic carbocycles. The van der Waals surface area contributed by atoms with Crippen LogP contribution >= 0.6 is 23.2 Å². The highest BCUT2D eigenvalue weighted by atomic mass is 35.5. The summed E-state index contributed by atoms with van der Waals surface area (Å²) in [5.41, 5.74) is 0.807. The maximum atomic E-state index is 12.4. The molecule has 0 unspecified atom stereocenters. The summed E-state index contributed by atoms with van der Waals surface area (Å²) >= 11 is 12.2. The second-order valence-electron chi connectivity index (χ2n) is 5.92. The Bertz CT molecular complexity index is 897. The Hall–Kier alpha value is -2.57. The lowest BCUT2D eigenvalue weighted by Crippen LogP contribution is -2.27. The van der Waals surface area contributed by atoms with Crippen molar-refractivity contribution in [3.63, 3.8) is 0 Å². The zero-order chi connectivity index (χ0) is 19.6. The summed E-state index contributed by atoms with van der Waals surface area (Å²) in [5.74, 6) is -1.60. The lowest BCUT2D eigenvalue weighted by Gasteiger charge is -2.18. The number of ether oxygens (including phenoxy) is 2. The first-order valence-corrected chi connectivity index (χ1v) is 8.80. The quantitative estimate of drug-likeness (QED) is 0.569. The van der Waals surface area contributed by atoms with Gasteiger partial charge in [0.15, 0.2) is 0 Å². The van der Waals surface area contributed by atoms with Crippen LogP contribution in [0.1, 0.15) is 16.8 Å². The molecule has 0 radical (unpaired) electrons. The largest absolute Gasteiger partial charge is 0.465 e. The number of carbonyl (C=O) groups excluding carboxylic acids is 3. The van der Waals surface area contributed by atoms with Crippen molar-refractivity contribution in [3.8, 4) is 5.75 Å². The number of rotatable bonds is 4. The van der Waals surface area contributed by atoms with Crippen LogP contribution in [-0.4, -0.2) is 31.5 Å². The number of methoxy groups -OCH3 is 1. The number of benzene rings is 2. The average Bonchev–Trinajstić information content (AvgIpc) is 3.05. The lowest BCUT2D eigenvalue weighted by molar-refractivity contribution is -0.139. The molecule has 1 atom stereocenters. The van der Waals surface area contributed by atoms with Crippen LogP contribution in [0.2, 0.25) is 10.0 Å². The van der Waals surface area contributed by atoms with E-state index in [1.54, 1.807) is 18.2 Å². The van der Waals surface area contributed by atoms with Gasteiger partial charge in [-0.1, -0.05) is 29.3 Å². The second-order valence-corrected chi connectivity index (χ2v) is 6.70. The van der Waals surface area contributed by atoms with Crippen molar-refractivity contribution in [3.05, 3.63) is 58.1 Å². The van der Waals surface area contributed by atoms with Gasteiger partial charge in [-0.2, -0.15) is 0 Å². The maximum Gasteiger partial charge on any atom is 0.337 e. The minimum atomic E-state index is -0.632. The summed E-state index contributed by atoms with van der Waals surface area (Å²) < 4.78 is 9.94. The number of esters is 2. The summed E-state index contributed by atoms with van der Waals surface area (Å²) in [6.07, 6.45) is 0.0158. The fourth-order valence-corrected chi connectivity index (χ4v) is 3.17. The summed E-state index contributed by atoms with van der Waals surface area (Å²) in [5, 5.41) is 0.596. The van der Waals surface area contributed by atoms with E-state index in [0.29, 0.717) is 16.3 Å². The van der Waals surface area contributed by atoms with E-state index < -0.39 is 17.9 Å². The van der Waals surface area contributed by atoms with E-state index in [1.807, 2.05) is 0 Å². The van der Waals surface area contributed by atoms with Crippen LogP contribution < -0.4 is 9.64 Å². The van der Waals surface area contributed by atoms with Crippen LogP contribution in [0.25, 0.3) is 0 Å². The molecule has 2 aromatic rings. The highest BCUT2D eigenvalue weighted by molar-refractivity contribution is 6.44. The minimum absolute atomic E-state index is 0.0158. The van der Waals surface area contributed by atoms with E-state index >= 15 is 0 Å². The molecule has 1 aliphatic rings. The van der Waals surface area contributed by atoms with E-state index in [4.69, 9.17) is 27.9 Å². The molecular weight excluding hydrogens is 393 g/mol. The van der Waals surface area contributed by atoms with Gasteiger partial charge in [0.25, 0.3) is 0 Å². The Balaban J connectivity index is 1.69. The first kappa shape index (κ1) is 19.2. The summed E-state index contributed by atoms with van der Waals surface area (Å²) in [6.45, 7) is 0.151. The standard InChI is InChI=1S/C19H15Cl2NO5/c1-26-18(24)11-5-7-13(8-6-11)27-19(25)12-9-16(23)22(10-12)15-4-2-3-14(20)17(15)21/h2-8,12H,9-10H2,1H3/t12-/m1/s1. The zero-order valence-electron chi connectivity index (χ0n) is 14.3. The molecule has 8 heteroatoms. The van der Waals surface area contributed by atoms with Gasteiger partial charge in [-0.15, -0.1) is 0 Å². The molecule has 0 N–H and O–H groups in total. The third kappa shape index (κ3) is 4.07. The monoisotopic (exact) mass is 407 g/mol. The molecule has 3 rings (SSSR count). The van der Waals surface area contributed by atoms with E-state index in [9.17, 15) is 14.4 Å². The summed E-state index contributed by atoms with van der Waals surface area (Å²) in [6, 6.07) is 11.0. The van der Waals surface area contributed by atoms with Crippen LogP contribution in [0.5, 0.6) is 5.75 Å². The molecule has 1 aliphatic heterocycles. The van der Waals surface area contributed by atoms with Crippen LogP contribution in [-0.2, 0) is 14.3 Å². The predicted octanol–water partition coefficient (Wildman–Crippen LogP) is 3.74. The fraction of sp³-hybridized carbons (Fsp3) is 0.211. The van der Waals surface area contributed by atoms with Gasteiger partial charge < -0.3 is 14.4 Å². The molecule has 1 heterocycles. The third-order valence-corrected chi connectivity index (χ3v) is 4.98. The first-order valence-electron chi connectivity index (χ1n) is 8.05. The van der Waals surface area contributed by atoms with Crippen LogP contribution in [0.4, 0.5) is 5.69 Å². The Morgan fingerprint density at radius 2 is 1.81 bits per heavy atom. The Morgan fingerprint density at radius 3 is 2.48 bits per heavy atom. The number of hydrogen-bond acceptors (Lipinski definition) is 5. The third-order valence-electron chi connectivity index (χ3n) is 4.17. The molecule has 1 amide bonds. The van der Waals surface area contributed by atoms with Gasteiger partial charge in [0.2, 0.25) is 5.91 Å². The predicted molar refractivity (Wildman–Crippen MR) is 100 cm³/mol. The second kappa shape index (κ2) is 7.98. The van der Waals surface area contributed by atoms with E-state index in [2.05, 4.69) is 4.74 Å². The lowest BCUT2D eigenvalue weighted by atomic mass is 10.1. The summed E-state index contributed by atoms with van der Waals surface area (Å²) in [7, 11) is 1.28. The molecule has 1 fully saturated rings. The van der Waals surface area contributed by atoms with Crippen LogP contribution in [0, 0.1) is 5.92 Å². The first-order chi connectivity index (χ1) is 12.9. The molecule has 0 spiro atoms. The van der Waals surface area contributed by atoms with Crippen LogP contribution in [0.3, 0.4) is 0 Å². The van der Waals surface area contributed by atoms with Gasteiger partial charge in [0.05, 0.1) is 34.3 Å². The number of halogens is 2. The molecule has 0 bridgehead atoms. The Kier molecular flexibility index (Phi) is 5.68. The molecule has 0 aromatic heterocycles. The molecule has 6 nitrogen and oxygen atoms in total. The molecular formula is C19H15Cl2NO5. The van der Waals surface area contributed by atoms with Crippen molar-refractivity contribution in [2.75, 3.05) is 18.6 Å². The van der Waals surface area contributed by atoms with E-state index in [-0.39, 0.29) is 29.6 Å². The highest BCUT2D eigenvalue weighted by Gasteiger charge is 2.37. The molecule has 0 saturated carbocycles. The molecule has 1 saturated heterocycles. The Labute approximate surface area is 165 Å². The van der Waals surface area contributed by atoms with Gasteiger partial charge in [0, 0.05) is 13.0 Å². The molecule has 140 valence electrons. The van der Waals surface area contributed by atoms with Gasteiger partial charge in [-0.3, -0.25) is 9.59 Å². The summed E-state index contributed by atoms with van der Waals surface area (Å²) in [4.78, 5) is 37.6. The molecule has 27 heavy (non-hydrogen) atoms. The van der Waals surface area contributed by atoms with Crippen molar-refractivity contribution in [1.82, 2.24) is 0 Å². The number of amides is 1. The van der Waals surface area contributed by atoms with E-state index in [0.717, 1.165) is 0 Å². The normalized spacial score (nSPS) is 16.3. The van der Waals surface area contributed by atoms with Crippen molar-refractivity contribution >= 4 is 46.7 Å². The van der Waals surface area contributed by atoms with Crippen molar-refractivity contribution in [2.24, 2.45) is 5.92 Å². The number of hydrogen-bond donors (Lipinski definition) is 0. The number of anilines is 1. The molecule has 0 aliphatic carbocycles. The highest BCUT2D eigenvalue weighted by Crippen LogP contribution is 2.36. The topological polar surface area (TPSA) is 72.9 Å². The minimum Gasteiger partial charge on any atom is -0.465 e. The van der Waals surface area contributed by atoms with Gasteiger partial charge >= 0.3 is 11.9 Å². The van der Waals surface area contributed by atoms with Crippen molar-refractivity contribution < 1.29 is 23.9 Å². The maximum absolute atomic E-state index is 12.4. The fourth-order valence-electron chi connectivity index (χ4n) is 2.78. The van der Waals surface area contributed by atoms with Gasteiger partial charge in [0.1, 0.15) is 5.75 Å². The average molecular weight is 408 g/mol. The van der Waals surface area contributed by atoms with E-state index in [1.165, 1.54) is 36.3 Å². The van der Waals surface area contributed by atoms with Gasteiger partial charge in [-0.25, -0.2) is 4.79 Å². The Morgan fingerprint density at radius 1 is 1.11 bits per heavy atom. The van der Waals surface area contributed by atoms with Gasteiger partial charge in [-0.05, 0) is 36.4 Å². The SMILES string of the molecule is COC(=O)c1ccc(OC(=O)[C@@H]2CC(=O)N(c3cccc(Cl)c3Cl)C2)cc1. The number of carbonyl (C=O) groups is 3. The smallest absolute Gasteiger partial charge is 0.337 e.